The van der Waals surface area contributed by atoms with Gasteiger partial charge in [0, 0.05) is 22.2 Å². The van der Waals surface area contributed by atoms with Crippen LogP contribution in [0, 0.1) is 17.0 Å². The van der Waals surface area contributed by atoms with Gasteiger partial charge in [0.2, 0.25) is 0 Å². The zero-order valence-corrected chi connectivity index (χ0v) is 17.6. The molecule has 0 fully saturated rings. The maximum absolute atomic E-state index is 12.7. The van der Waals surface area contributed by atoms with Crippen LogP contribution in [-0.2, 0) is 10.0 Å². The van der Waals surface area contributed by atoms with E-state index in [1.807, 2.05) is 0 Å². The first-order valence-corrected chi connectivity index (χ1v) is 10.6. The minimum Gasteiger partial charge on any atom is -0.506 e. The molecular formula is C20H16ClN3O6S. The molecule has 0 spiro atoms. The molecule has 31 heavy (non-hydrogen) atoms. The number of hydrogen-bond donors (Lipinski definition) is 3. The predicted octanol–water partition coefficient (Wildman–Crippen LogP) is 4.32. The monoisotopic (exact) mass is 461 g/mol. The summed E-state index contributed by atoms with van der Waals surface area (Å²) in [6.45, 7) is 1.49. The van der Waals surface area contributed by atoms with Crippen molar-refractivity contribution >= 4 is 44.6 Å². The Balaban J connectivity index is 1.86. The third kappa shape index (κ3) is 5.11. The van der Waals surface area contributed by atoms with Gasteiger partial charge in [-0.15, -0.1) is 0 Å². The second-order valence-corrected chi connectivity index (χ2v) is 8.63. The van der Waals surface area contributed by atoms with E-state index in [2.05, 4.69) is 10.0 Å². The Morgan fingerprint density at radius 1 is 1.10 bits per heavy atom. The van der Waals surface area contributed by atoms with Crippen molar-refractivity contribution in [1.82, 2.24) is 0 Å². The van der Waals surface area contributed by atoms with Gasteiger partial charge in [0.05, 0.1) is 21.2 Å². The number of carbonyl (C=O) groups is 1. The summed E-state index contributed by atoms with van der Waals surface area (Å²) in [7, 11) is -4.04. The predicted molar refractivity (Wildman–Crippen MR) is 116 cm³/mol. The fraction of sp³-hybridized carbons (Fsp3) is 0.0500. The number of phenols is 1. The number of nitrogens with one attached hydrogen (secondary N) is 2. The summed E-state index contributed by atoms with van der Waals surface area (Å²) in [4.78, 5) is 22.7. The second-order valence-electron chi connectivity index (χ2n) is 6.51. The highest BCUT2D eigenvalue weighted by atomic mass is 35.5. The fourth-order valence-electron chi connectivity index (χ4n) is 2.74. The number of halogens is 1. The molecule has 0 saturated heterocycles. The maximum atomic E-state index is 12.7. The highest BCUT2D eigenvalue weighted by molar-refractivity contribution is 7.92. The molecule has 0 aliphatic heterocycles. The van der Waals surface area contributed by atoms with Crippen LogP contribution in [0.2, 0.25) is 5.02 Å². The summed E-state index contributed by atoms with van der Waals surface area (Å²) >= 11 is 5.87. The lowest BCUT2D eigenvalue weighted by atomic mass is 10.1. The maximum Gasteiger partial charge on any atom is 0.272 e. The van der Waals surface area contributed by atoms with Crippen LogP contribution in [0.3, 0.4) is 0 Å². The lowest BCUT2D eigenvalue weighted by Gasteiger charge is -2.12. The molecule has 0 aromatic heterocycles. The van der Waals surface area contributed by atoms with Crippen molar-refractivity contribution < 1.29 is 23.2 Å². The average molecular weight is 462 g/mol. The van der Waals surface area contributed by atoms with Gasteiger partial charge < -0.3 is 10.4 Å². The van der Waals surface area contributed by atoms with E-state index in [0.717, 1.165) is 12.1 Å². The van der Waals surface area contributed by atoms with Gasteiger partial charge in [-0.2, -0.15) is 0 Å². The van der Waals surface area contributed by atoms with Crippen LogP contribution < -0.4 is 10.0 Å². The largest absolute Gasteiger partial charge is 0.506 e. The van der Waals surface area contributed by atoms with Gasteiger partial charge in [-0.25, -0.2) is 8.42 Å². The number of carbonyl (C=O) groups excluding carboxylic acids is 1. The average Bonchev–Trinajstić information content (AvgIpc) is 2.68. The molecule has 3 aromatic carbocycles. The Bertz CT molecular complexity index is 1290. The van der Waals surface area contributed by atoms with Gasteiger partial charge in [-0.1, -0.05) is 17.7 Å². The van der Waals surface area contributed by atoms with Crippen molar-refractivity contribution in [2.24, 2.45) is 0 Å². The standard InChI is InChI=1S/C20H16ClN3O6S/c1-12-9-13(5-7-18(12)24(27)28)20(26)22-17-11-16(6-8-19(17)25)31(29,30)23-15-4-2-3-14(21)10-15/h2-11,23,25H,1H3,(H,22,26). The number of anilines is 2. The number of sulfonamides is 1. The zero-order valence-electron chi connectivity index (χ0n) is 16.0. The van der Waals surface area contributed by atoms with Gasteiger partial charge in [0.1, 0.15) is 5.75 Å². The first-order chi connectivity index (χ1) is 14.6. The zero-order chi connectivity index (χ0) is 22.8. The third-order valence-electron chi connectivity index (χ3n) is 4.26. The van der Waals surface area contributed by atoms with Crippen LogP contribution in [0.1, 0.15) is 15.9 Å². The van der Waals surface area contributed by atoms with Gasteiger partial charge in [0.15, 0.2) is 0 Å². The Kier molecular flexibility index (Phi) is 6.14. The molecule has 0 heterocycles. The topological polar surface area (TPSA) is 139 Å². The van der Waals surface area contributed by atoms with Crippen molar-refractivity contribution in [3.05, 3.63) is 86.9 Å². The van der Waals surface area contributed by atoms with E-state index in [1.54, 1.807) is 12.1 Å². The Morgan fingerprint density at radius 2 is 1.84 bits per heavy atom. The molecule has 9 nitrogen and oxygen atoms in total. The van der Waals surface area contributed by atoms with E-state index in [1.165, 1.54) is 43.3 Å². The molecule has 160 valence electrons. The van der Waals surface area contributed by atoms with Gasteiger partial charge in [0.25, 0.3) is 21.6 Å². The number of rotatable bonds is 6. The Morgan fingerprint density at radius 3 is 2.48 bits per heavy atom. The number of nitro groups is 1. The number of nitro benzene ring substituents is 1. The first-order valence-electron chi connectivity index (χ1n) is 8.74. The number of hydrogen-bond acceptors (Lipinski definition) is 6. The summed E-state index contributed by atoms with van der Waals surface area (Å²) in [6, 6.07) is 13.3. The lowest BCUT2D eigenvalue weighted by molar-refractivity contribution is -0.385. The van der Waals surface area contributed by atoms with Crippen molar-refractivity contribution in [3.63, 3.8) is 0 Å². The minimum absolute atomic E-state index is 0.104. The quantitative estimate of drug-likeness (QED) is 0.284. The molecule has 0 radical (unpaired) electrons. The molecule has 0 aliphatic carbocycles. The van der Waals surface area contributed by atoms with Crippen molar-refractivity contribution in [2.45, 2.75) is 11.8 Å². The molecule has 0 atom stereocenters. The van der Waals surface area contributed by atoms with Crippen LogP contribution in [0.4, 0.5) is 17.1 Å². The molecule has 3 N–H and O–H groups in total. The minimum atomic E-state index is -4.04. The van der Waals surface area contributed by atoms with E-state index in [-0.39, 0.29) is 38.8 Å². The van der Waals surface area contributed by atoms with Crippen LogP contribution in [-0.4, -0.2) is 24.4 Å². The molecule has 0 bridgehead atoms. The number of amides is 1. The van der Waals surface area contributed by atoms with Crippen LogP contribution in [0.15, 0.2) is 65.6 Å². The number of aromatic hydroxyl groups is 1. The van der Waals surface area contributed by atoms with Gasteiger partial charge in [-0.05, 0) is 55.5 Å². The summed E-state index contributed by atoms with van der Waals surface area (Å²) in [6.07, 6.45) is 0. The Hall–Kier alpha value is -3.63. The van der Waals surface area contributed by atoms with Gasteiger partial charge >= 0.3 is 0 Å². The van der Waals surface area contributed by atoms with E-state index in [4.69, 9.17) is 11.6 Å². The molecule has 11 heteroatoms. The number of benzene rings is 3. The number of nitrogens with zero attached hydrogens (tertiary/aromatic N) is 1. The summed E-state index contributed by atoms with van der Waals surface area (Å²) in [5, 5.41) is 23.7. The second kappa shape index (κ2) is 8.62. The van der Waals surface area contributed by atoms with E-state index in [0.29, 0.717) is 5.02 Å². The van der Waals surface area contributed by atoms with Crippen molar-refractivity contribution in [2.75, 3.05) is 10.0 Å². The van der Waals surface area contributed by atoms with Crippen LogP contribution >= 0.6 is 11.6 Å². The molecule has 3 rings (SSSR count). The SMILES string of the molecule is Cc1cc(C(=O)Nc2cc(S(=O)(=O)Nc3cccc(Cl)c3)ccc2O)ccc1[N+](=O)[O-]. The highest BCUT2D eigenvalue weighted by Crippen LogP contribution is 2.29. The first kappa shape index (κ1) is 22.1. The summed E-state index contributed by atoms with van der Waals surface area (Å²) in [5.74, 6) is -1.03. The normalized spacial score (nSPS) is 11.0. The van der Waals surface area contributed by atoms with E-state index < -0.39 is 20.9 Å². The van der Waals surface area contributed by atoms with Gasteiger partial charge in [-0.3, -0.25) is 19.6 Å². The van der Waals surface area contributed by atoms with E-state index >= 15 is 0 Å². The Labute approximate surface area is 182 Å². The van der Waals surface area contributed by atoms with E-state index in [9.17, 15) is 28.4 Å². The van der Waals surface area contributed by atoms with Crippen LogP contribution in [0.5, 0.6) is 5.75 Å². The third-order valence-corrected chi connectivity index (χ3v) is 5.87. The lowest BCUT2D eigenvalue weighted by Crippen LogP contribution is -2.15. The highest BCUT2D eigenvalue weighted by Gasteiger charge is 2.19. The number of aryl methyl sites for hydroxylation is 1. The summed E-state index contributed by atoms with van der Waals surface area (Å²) in [5.41, 5.74) is 0.346. The molecule has 0 unspecified atom stereocenters. The molecule has 1 amide bonds. The molecule has 3 aromatic rings. The van der Waals surface area contributed by atoms with Crippen molar-refractivity contribution in [3.8, 4) is 5.75 Å². The number of phenolic OH excluding ortho intramolecular Hbond substituents is 1. The molecule has 0 aliphatic rings. The smallest absolute Gasteiger partial charge is 0.272 e. The fourth-order valence-corrected chi connectivity index (χ4v) is 4.01. The molecule has 0 saturated carbocycles. The van der Waals surface area contributed by atoms with Crippen molar-refractivity contribution in [1.29, 1.82) is 0 Å². The van der Waals surface area contributed by atoms with Crippen LogP contribution in [0.25, 0.3) is 0 Å². The molecular weight excluding hydrogens is 446 g/mol. The summed E-state index contributed by atoms with van der Waals surface area (Å²) < 4.78 is 27.7.